The van der Waals surface area contributed by atoms with Crippen LogP contribution in [0.4, 0.5) is 0 Å². The van der Waals surface area contributed by atoms with E-state index in [-0.39, 0.29) is 5.97 Å². The summed E-state index contributed by atoms with van der Waals surface area (Å²) in [6.45, 7) is 3.24. The van der Waals surface area contributed by atoms with Gasteiger partial charge in [-0.25, -0.2) is 0 Å². The summed E-state index contributed by atoms with van der Waals surface area (Å²) in [5.41, 5.74) is 0. The van der Waals surface area contributed by atoms with Gasteiger partial charge in [-0.3, -0.25) is 4.79 Å². The maximum Gasteiger partial charge on any atom is 0.311 e. The third kappa shape index (κ3) is 4.11. The topological polar surface area (TPSA) is 26.3 Å². The van der Waals surface area contributed by atoms with Crippen molar-refractivity contribution >= 4 is 28.6 Å². The van der Waals surface area contributed by atoms with E-state index < -0.39 is 0 Å². The van der Waals surface area contributed by atoms with Crippen molar-refractivity contribution in [3.63, 3.8) is 0 Å². The molecule has 46 valence electrons. The molecule has 0 spiro atoms. The van der Waals surface area contributed by atoms with Crippen molar-refractivity contribution in [3.8, 4) is 0 Å². The number of ether oxygens (including phenoxy) is 1. The Labute approximate surface area is 62.0 Å². The molecule has 8 heavy (non-hydrogen) atoms. The number of alkyl halides is 1. The zero-order valence-corrected chi connectivity index (χ0v) is 6.55. The maximum atomic E-state index is 10.3. The van der Waals surface area contributed by atoms with Gasteiger partial charge >= 0.3 is 5.97 Å². The minimum atomic E-state index is -0.214. The van der Waals surface area contributed by atoms with Gasteiger partial charge in [0.1, 0.15) is 0 Å². The van der Waals surface area contributed by atoms with E-state index in [9.17, 15) is 4.79 Å². The van der Waals surface area contributed by atoms with Crippen molar-refractivity contribution in [2.24, 2.45) is 0 Å². The predicted octanol–water partition coefficient (Wildman–Crippen LogP) is 1.50. The molecule has 0 heterocycles. The highest BCUT2D eigenvalue weighted by Gasteiger charge is 1.95. The summed E-state index contributed by atoms with van der Waals surface area (Å²) >= 11 is 2.11. The van der Waals surface area contributed by atoms with Crippen LogP contribution in [-0.2, 0) is 9.53 Å². The molecule has 0 aliphatic carbocycles. The Bertz CT molecular complexity index is 90.4. The molecule has 0 saturated heterocycles. The Morgan fingerprint density at radius 1 is 1.88 bits per heavy atom. The highest BCUT2D eigenvalue weighted by Crippen LogP contribution is 1.91. The lowest BCUT2D eigenvalue weighted by Gasteiger charge is -1.91. The lowest BCUT2D eigenvalue weighted by molar-refractivity contribution is -0.137. The van der Waals surface area contributed by atoms with Crippen LogP contribution < -0.4 is 0 Å². The Balaban J connectivity index is 3.18. The van der Waals surface area contributed by atoms with Crippen LogP contribution in [0.25, 0.3) is 0 Å². The average molecular weight is 226 g/mol. The van der Waals surface area contributed by atoms with Gasteiger partial charge in [0.05, 0.1) is 12.7 Å². The molecule has 2 nitrogen and oxygen atoms in total. The molecule has 0 fully saturated rings. The largest absolute Gasteiger partial charge is 0.435 e. The normalized spacial score (nSPS) is 8.12. The van der Waals surface area contributed by atoms with E-state index in [0.29, 0.717) is 6.42 Å². The number of carbonyl (C=O) groups is 1. The molecule has 0 unspecified atom stereocenters. The molecule has 0 aromatic rings. The highest BCUT2D eigenvalue weighted by molar-refractivity contribution is 14.1. The molecular weight excluding hydrogens is 219 g/mol. The lowest BCUT2D eigenvalue weighted by atomic mass is 10.5. The molecule has 0 aliphatic rings. The molecule has 0 N–H and O–H groups in total. The van der Waals surface area contributed by atoms with E-state index >= 15 is 0 Å². The van der Waals surface area contributed by atoms with Gasteiger partial charge in [0.15, 0.2) is 0 Å². The number of esters is 1. The van der Waals surface area contributed by atoms with E-state index in [1.54, 1.807) is 0 Å². The van der Waals surface area contributed by atoms with Gasteiger partial charge in [-0.1, -0.05) is 29.2 Å². The smallest absolute Gasteiger partial charge is 0.311 e. The van der Waals surface area contributed by atoms with Gasteiger partial charge in [0.25, 0.3) is 0 Å². The van der Waals surface area contributed by atoms with Crippen molar-refractivity contribution in [1.82, 2.24) is 0 Å². The molecule has 0 amide bonds. The van der Waals surface area contributed by atoms with Crippen LogP contribution in [0.5, 0.6) is 0 Å². The fraction of sp³-hybridized carbons (Fsp3) is 0.400. The summed E-state index contributed by atoms with van der Waals surface area (Å²) in [6.07, 6.45) is 1.61. The number of halogens is 1. The second-order valence-electron chi connectivity index (χ2n) is 1.10. The molecule has 0 bridgehead atoms. The first-order chi connectivity index (χ1) is 3.81. The lowest BCUT2D eigenvalue weighted by Crippen LogP contribution is -1.98. The van der Waals surface area contributed by atoms with Gasteiger partial charge in [-0.2, -0.15) is 0 Å². The maximum absolute atomic E-state index is 10.3. The minimum Gasteiger partial charge on any atom is -0.435 e. The third-order valence-electron chi connectivity index (χ3n) is 0.513. The van der Waals surface area contributed by atoms with Gasteiger partial charge < -0.3 is 4.74 Å². The molecule has 0 radical (unpaired) electrons. The molecular formula is C5H7IO2. The van der Waals surface area contributed by atoms with Crippen molar-refractivity contribution in [2.45, 2.75) is 6.42 Å². The van der Waals surface area contributed by atoms with Crippen LogP contribution in [0.2, 0.25) is 0 Å². The number of hydrogen-bond acceptors (Lipinski definition) is 2. The Kier molecular flexibility index (Phi) is 5.05. The zero-order valence-electron chi connectivity index (χ0n) is 4.39. The second kappa shape index (κ2) is 5.08. The number of rotatable bonds is 3. The summed E-state index contributed by atoms with van der Waals surface area (Å²) in [6, 6.07) is 0. The van der Waals surface area contributed by atoms with Crippen LogP contribution in [-0.4, -0.2) is 10.4 Å². The average Bonchev–Trinajstić information content (AvgIpc) is 1.68. The standard InChI is InChI=1S/C5H7IO2/c1-2-8-5(7)3-4-6/h2H,1,3-4H2. The third-order valence-corrected chi connectivity index (χ3v) is 1.05. The van der Waals surface area contributed by atoms with Crippen LogP contribution >= 0.6 is 22.6 Å². The summed E-state index contributed by atoms with van der Waals surface area (Å²) in [5, 5.41) is 0. The first kappa shape index (κ1) is 7.94. The van der Waals surface area contributed by atoms with Crippen molar-refractivity contribution in [2.75, 3.05) is 4.43 Å². The summed E-state index contributed by atoms with van der Waals surface area (Å²) in [7, 11) is 0. The molecule has 0 saturated carbocycles. The first-order valence-corrected chi connectivity index (χ1v) is 3.70. The van der Waals surface area contributed by atoms with Gasteiger partial charge in [0.2, 0.25) is 0 Å². The monoisotopic (exact) mass is 226 g/mol. The fourth-order valence-electron chi connectivity index (χ4n) is 0.229. The van der Waals surface area contributed by atoms with Crippen molar-refractivity contribution in [1.29, 1.82) is 0 Å². The summed E-state index contributed by atoms with van der Waals surface area (Å²) in [4.78, 5) is 10.3. The molecule has 0 aromatic carbocycles. The van der Waals surface area contributed by atoms with E-state index in [0.717, 1.165) is 10.7 Å². The Morgan fingerprint density at radius 2 is 2.50 bits per heavy atom. The van der Waals surface area contributed by atoms with Crippen LogP contribution in [0.1, 0.15) is 6.42 Å². The number of carbonyl (C=O) groups excluding carboxylic acids is 1. The van der Waals surface area contributed by atoms with E-state index in [4.69, 9.17) is 0 Å². The van der Waals surface area contributed by atoms with E-state index in [2.05, 4.69) is 33.9 Å². The van der Waals surface area contributed by atoms with Gasteiger partial charge in [0, 0.05) is 4.43 Å². The van der Waals surface area contributed by atoms with Gasteiger partial charge in [-0.05, 0) is 0 Å². The van der Waals surface area contributed by atoms with Crippen molar-refractivity contribution < 1.29 is 9.53 Å². The Hall–Kier alpha value is -0.0600. The fourth-order valence-corrected chi connectivity index (χ4v) is 0.669. The second-order valence-corrected chi connectivity index (χ2v) is 2.17. The predicted molar refractivity (Wildman–Crippen MR) is 39.8 cm³/mol. The van der Waals surface area contributed by atoms with Gasteiger partial charge in [-0.15, -0.1) is 0 Å². The van der Waals surface area contributed by atoms with E-state index in [1.807, 2.05) is 0 Å². The quantitative estimate of drug-likeness (QED) is 0.315. The zero-order chi connectivity index (χ0) is 6.41. The SMILES string of the molecule is C=COC(=O)CCI. The molecule has 0 aromatic heterocycles. The molecule has 0 aliphatic heterocycles. The molecule has 0 atom stereocenters. The Morgan fingerprint density at radius 3 is 2.88 bits per heavy atom. The number of hydrogen-bond donors (Lipinski definition) is 0. The molecule has 3 heteroatoms. The molecule has 0 rings (SSSR count). The highest BCUT2D eigenvalue weighted by atomic mass is 127. The van der Waals surface area contributed by atoms with Crippen LogP contribution in [0, 0.1) is 0 Å². The van der Waals surface area contributed by atoms with Crippen molar-refractivity contribution in [3.05, 3.63) is 12.8 Å². The first-order valence-electron chi connectivity index (χ1n) is 2.17. The van der Waals surface area contributed by atoms with Crippen LogP contribution in [0.15, 0.2) is 12.8 Å². The van der Waals surface area contributed by atoms with E-state index in [1.165, 1.54) is 0 Å². The summed E-state index contributed by atoms with van der Waals surface area (Å²) < 4.78 is 5.20. The van der Waals surface area contributed by atoms with Crippen LogP contribution in [0.3, 0.4) is 0 Å². The summed E-state index contributed by atoms with van der Waals surface area (Å²) in [5.74, 6) is -0.214. The minimum absolute atomic E-state index is 0.214.